The van der Waals surface area contributed by atoms with E-state index in [4.69, 9.17) is 10.6 Å². The third-order valence-corrected chi connectivity index (χ3v) is 4.18. The van der Waals surface area contributed by atoms with Gasteiger partial charge >= 0.3 is 0 Å². The van der Waals surface area contributed by atoms with Crippen LogP contribution in [0, 0.1) is 0 Å². The molecule has 0 aromatic heterocycles. The Labute approximate surface area is 135 Å². The highest BCUT2D eigenvalue weighted by Gasteiger charge is 2.15. The van der Waals surface area contributed by atoms with E-state index in [9.17, 15) is 5.11 Å². The number of unbranched alkanes of at least 4 members (excludes halogenated alkanes) is 11. The Balaban J connectivity index is 3.36. The van der Waals surface area contributed by atoms with Gasteiger partial charge in [0.2, 0.25) is 0 Å². The van der Waals surface area contributed by atoms with E-state index in [0.717, 1.165) is 12.8 Å². The molecule has 0 radical (unpaired) electrons. The molecule has 5 nitrogen and oxygen atoms in total. The molecule has 0 heterocycles. The van der Waals surface area contributed by atoms with Crippen LogP contribution in [0.25, 0.3) is 10.4 Å². The molecule has 0 aromatic carbocycles. The van der Waals surface area contributed by atoms with E-state index < -0.39 is 12.1 Å². The summed E-state index contributed by atoms with van der Waals surface area (Å²) < 4.78 is 0. The Hall–Kier alpha value is -0.770. The summed E-state index contributed by atoms with van der Waals surface area (Å²) in [6, 6.07) is -0.488. The summed E-state index contributed by atoms with van der Waals surface area (Å²) in [4.78, 5) is 2.73. The summed E-state index contributed by atoms with van der Waals surface area (Å²) in [7, 11) is 0. The predicted molar refractivity (Wildman–Crippen MR) is 91.7 cm³/mol. The summed E-state index contributed by atoms with van der Waals surface area (Å²) in [6.45, 7) is 1.90. The van der Waals surface area contributed by atoms with Gasteiger partial charge in [-0.25, -0.2) is 0 Å². The average molecular weight is 313 g/mol. The van der Waals surface area contributed by atoms with Crippen molar-refractivity contribution in [2.75, 3.05) is 6.61 Å². The maximum atomic E-state index is 9.51. The third kappa shape index (κ3) is 12.9. The number of hydrogen-bond donors (Lipinski definition) is 2. The van der Waals surface area contributed by atoms with Crippen LogP contribution in [0.2, 0.25) is 0 Å². The van der Waals surface area contributed by atoms with Crippen molar-refractivity contribution in [3.05, 3.63) is 10.4 Å². The first-order valence-corrected chi connectivity index (χ1v) is 9.09. The van der Waals surface area contributed by atoms with Crippen molar-refractivity contribution >= 4 is 0 Å². The number of hydrogen-bond acceptors (Lipinski definition) is 3. The van der Waals surface area contributed by atoms with Crippen molar-refractivity contribution in [1.29, 1.82) is 0 Å². The molecule has 0 aliphatic rings. The first-order chi connectivity index (χ1) is 10.8. The van der Waals surface area contributed by atoms with Gasteiger partial charge in [-0.3, -0.25) is 0 Å². The Morgan fingerprint density at radius 3 is 1.73 bits per heavy atom. The summed E-state index contributed by atoms with van der Waals surface area (Å²) in [5, 5.41) is 22.0. The van der Waals surface area contributed by atoms with Gasteiger partial charge < -0.3 is 10.2 Å². The normalized spacial score (nSPS) is 13.6. The molecule has 0 saturated carbocycles. The second-order valence-electron chi connectivity index (χ2n) is 6.20. The van der Waals surface area contributed by atoms with Crippen LogP contribution < -0.4 is 0 Å². The lowest BCUT2D eigenvalue weighted by molar-refractivity contribution is 0.0712. The minimum atomic E-state index is -0.927. The fraction of sp³-hybridized carbons (Fsp3) is 1.00. The molecule has 22 heavy (non-hydrogen) atoms. The smallest absolute Gasteiger partial charge is 0.0855 e. The van der Waals surface area contributed by atoms with E-state index in [1.54, 1.807) is 0 Å². The molecule has 130 valence electrons. The third-order valence-electron chi connectivity index (χ3n) is 4.18. The molecule has 0 amide bonds. The Kier molecular flexibility index (Phi) is 16.0. The quantitative estimate of drug-likeness (QED) is 0.179. The van der Waals surface area contributed by atoms with Crippen LogP contribution in [0.15, 0.2) is 5.11 Å². The van der Waals surface area contributed by atoms with E-state index in [-0.39, 0.29) is 6.61 Å². The van der Waals surface area contributed by atoms with Crippen molar-refractivity contribution in [2.45, 2.75) is 103 Å². The van der Waals surface area contributed by atoms with Gasteiger partial charge in [-0.15, -0.1) is 0 Å². The van der Waals surface area contributed by atoms with Crippen LogP contribution in [-0.2, 0) is 0 Å². The maximum absolute atomic E-state index is 9.51. The molecule has 0 aliphatic heterocycles. The van der Waals surface area contributed by atoms with Crippen LogP contribution in [0.4, 0.5) is 0 Å². The second-order valence-corrected chi connectivity index (χ2v) is 6.20. The van der Waals surface area contributed by atoms with E-state index in [0.29, 0.717) is 6.42 Å². The van der Waals surface area contributed by atoms with Crippen molar-refractivity contribution < 1.29 is 10.2 Å². The maximum Gasteiger partial charge on any atom is 0.0855 e. The summed E-state index contributed by atoms with van der Waals surface area (Å²) in [6.07, 6.45) is 15.1. The topological polar surface area (TPSA) is 89.2 Å². The molecule has 0 saturated heterocycles. The Morgan fingerprint density at radius 1 is 0.864 bits per heavy atom. The lowest BCUT2D eigenvalue weighted by Crippen LogP contribution is -2.27. The second kappa shape index (κ2) is 16.6. The molecule has 2 N–H and O–H groups in total. The fourth-order valence-electron chi connectivity index (χ4n) is 2.71. The minimum absolute atomic E-state index is 0.345. The summed E-state index contributed by atoms with van der Waals surface area (Å²) in [5.41, 5.74) is 8.44. The Bertz CT molecular complexity index is 281. The van der Waals surface area contributed by atoms with Gasteiger partial charge in [-0.1, -0.05) is 89.1 Å². The van der Waals surface area contributed by atoms with Crippen molar-refractivity contribution in [3.8, 4) is 0 Å². The van der Waals surface area contributed by atoms with Gasteiger partial charge in [-0.2, -0.15) is 0 Å². The van der Waals surface area contributed by atoms with Gasteiger partial charge in [0.15, 0.2) is 0 Å². The van der Waals surface area contributed by atoms with Gasteiger partial charge in [0.25, 0.3) is 0 Å². The molecule has 0 bridgehead atoms. The van der Waals surface area contributed by atoms with E-state index in [1.807, 2.05) is 0 Å². The van der Waals surface area contributed by atoms with E-state index >= 15 is 0 Å². The summed E-state index contributed by atoms with van der Waals surface area (Å²) in [5.74, 6) is 0. The lowest BCUT2D eigenvalue weighted by Gasteiger charge is -2.15. The summed E-state index contributed by atoms with van der Waals surface area (Å²) >= 11 is 0. The zero-order chi connectivity index (χ0) is 16.5. The van der Waals surface area contributed by atoms with Gasteiger partial charge in [0.1, 0.15) is 0 Å². The zero-order valence-corrected chi connectivity index (χ0v) is 14.3. The molecule has 0 rings (SSSR count). The molecule has 0 aromatic rings. The molecule has 5 heteroatoms. The predicted octanol–water partition coefficient (Wildman–Crippen LogP) is 5.11. The minimum Gasteiger partial charge on any atom is -0.394 e. The first kappa shape index (κ1) is 21.2. The molecular formula is C17H35N3O2. The first-order valence-electron chi connectivity index (χ1n) is 9.09. The van der Waals surface area contributed by atoms with Crippen LogP contribution in [0.5, 0.6) is 0 Å². The number of azide groups is 1. The van der Waals surface area contributed by atoms with E-state index in [1.165, 1.54) is 64.2 Å². The molecule has 0 unspecified atom stereocenters. The van der Waals surface area contributed by atoms with Gasteiger partial charge in [0.05, 0.1) is 18.8 Å². The highest BCUT2D eigenvalue weighted by molar-refractivity contribution is 4.75. The highest BCUT2D eigenvalue weighted by atomic mass is 16.3. The molecular weight excluding hydrogens is 278 g/mol. The van der Waals surface area contributed by atoms with Crippen LogP contribution in [0.3, 0.4) is 0 Å². The average Bonchev–Trinajstić information content (AvgIpc) is 2.54. The largest absolute Gasteiger partial charge is 0.394 e. The van der Waals surface area contributed by atoms with E-state index in [2.05, 4.69) is 16.9 Å². The fourth-order valence-corrected chi connectivity index (χ4v) is 2.71. The molecule has 0 fully saturated rings. The van der Waals surface area contributed by atoms with Gasteiger partial charge in [0, 0.05) is 4.91 Å². The molecule has 0 aliphatic carbocycles. The standard InChI is InChI=1S/C17H35N3O2/c1-2-3-4-5-6-7-8-9-10-11-12-13-14-16(19-20-18)17(22)15-21/h16-17,21-22H,2-15H2,1H3/t16-,17-/m1/s1. The molecule has 2 atom stereocenters. The van der Waals surface area contributed by atoms with Crippen LogP contribution in [0.1, 0.15) is 90.4 Å². The van der Waals surface area contributed by atoms with Crippen LogP contribution >= 0.6 is 0 Å². The van der Waals surface area contributed by atoms with Crippen LogP contribution in [-0.4, -0.2) is 29.0 Å². The zero-order valence-electron chi connectivity index (χ0n) is 14.3. The molecule has 0 spiro atoms. The van der Waals surface area contributed by atoms with Crippen molar-refractivity contribution in [3.63, 3.8) is 0 Å². The number of aliphatic hydroxyl groups excluding tert-OH is 2. The Morgan fingerprint density at radius 2 is 1.32 bits per heavy atom. The van der Waals surface area contributed by atoms with Crippen molar-refractivity contribution in [1.82, 2.24) is 0 Å². The monoisotopic (exact) mass is 313 g/mol. The number of aliphatic hydroxyl groups is 2. The SMILES string of the molecule is CCCCCCCCCCCCCC[C@@H](N=[N+]=[N-])[C@H](O)CO. The lowest BCUT2D eigenvalue weighted by atomic mass is 10.0. The number of nitrogens with zero attached hydrogens (tertiary/aromatic N) is 3. The number of rotatable bonds is 16. The van der Waals surface area contributed by atoms with Crippen molar-refractivity contribution in [2.24, 2.45) is 5.11 Å². The highest BCUT2D eigenvalue weighted by Crippen LogP contribution is 2.15. The van der Waals surface area contributed by atoms with Gasteiger partial charge in [-0.05, 0) is 12.0 Å².